The Morgan fingerprint density at radius 2 is 2.15 bits per heavy atom. The fraction of sp³-hybridized carbons (Fsp3) is 0.500. The summed E-state index contributed by atoms with van der Waals surface area (Å²) in [6, 6.07) is 5.42. The van der Waals surface area contributed by atoms with Crippen LogP contribution in [0.15, 0.2) is 18.3 Å². The Morgan fingerprint density at radius 1 is 1.41 bits per heavy atom. The number of H-pyrrole nitrogens is 1. The number of carbonyl (C=O) groups excluding carboxylic acids is 1. The summed E-state index contributed by atoms with van der Waals surface area (Å²) in [5.41, 5.74) is 1.56. The van der Waals surface area contributed by atoms with E-state index < -0.39 is 0 Å². The quantitative estimate of drug-likeness (QED) is 0.628. The first kappa shape index (κ1) is 19.3. The highest BCUT2D eigenvalue weighted by Gasteiger charge is 2.34. The second-order valence-corrected chi connectivity index (χ2v) is 7.28. The normalized spacial score (nSPS) is 16.8. The molecule has 1 N–H and O–H groups in total. The first-order valence-electron chi connectivity index (χ1n) is 9.28. The van der Waals surface area contributed by atoms with Gasteiger partial charge in [0.2, 0.25) is 0 Å². The molecule has 0 saturated carbocycles. The molecule has 0 spiro atoms. The number of fused-ring (bicyclic) bond motifs is 1. The lowest BCUT2D eigenvalue weighted by molar-refractivity contribution is 0.0106. The van der Waals surface area contributed by atoms with Crippen LogP contribution in [-0.2, 0) is 4.74 Å². The largest absolute Gasteiger partial charge is 0.496 e. The second-order valence-electron chi connectivity index (χ2n) is 7.28. The molecule has 140 valence electrons. The molecular formula is C20H24BN3O3. The Hall–Kier alpha value is -2.46. The van der Waals surface area contributed by atoms with E-state index in [1.165, 1.54) is 7.11 Å². The first-order chi connectivity index (χ1) is 13.0. The molecule has 2 radical (unpaired) electrons. The van der Waals surface area contributed by atoms with Crippen molar-refractivity contribution in [2.45, 2.75) is 32.6 Å². The van der Waals surface area contributed by atoms with Crippen molar-refractivity contribution in [1.29, 1.82) is 5.26 Å². The van der Waals surface area contributed by atoms with Gasteiger partial charge in [-0.2, -0.15) is 5.26 Å². The highest BCUT2D eigenvalue weighted by atomic mass is 16.5. The molecule has 1 aromatic heterocycles. The second kappa shape index (κ2) is 8.05. The van der Waals surface area contributed by atoms with Gasteiger partial charge in [-0.3, -0.25) is 0 Å². The first-order valence-corrected chi connectivity index (χ1v) is 9.28. The molecule has 0 unspecified atom stereocenters. The van der Waals surface area contributed by atoms with Crippen LogP contribution in [0, 0.1) is 16.7 Å². The zero-order valence-corrected chi connectivity index (χ0v) is 15.9. The number of piperidine rings is 1. The summed E-state index contributed by atoms with van der Waals surface area (Å²) >= 11 is 0. The molecule has 27 heavy (non-hydrogen) atoms. The summed E-state index contributed by atoms with van der Waals surface area (Å²) in [4.78, 5) is 17.7. The molecule has 3 rings (SSSR count). The predicted molar refractivity (Wildman–Crippen MR) is 104 cm³/mol. The van der Waals surface area contributed by atoms with Gasteiger partial charge < -0.3 is 19.3 Å². The van der Waals surface area contributed by atoms with E-state index in [1.54, 1.807) is 18.3 Å². The van der Waals surface area contributed by atoms with Gasteiger partial charge in [-0.25, -0.2) is 4.79 Å². The van der Waals surface area contributed by atoms with Crippen LogP contribution in [0.2, 0.25) is 0 Å². The van der Waals surface area contributed by atoms with Crippen molar-refractivity contribution in [3.05, 3.63) is 29.5 Å². The molecule has 0 atom stereocenters. The van der Waals surface area contributed by atoms with E-state index >= 15 is 0 Å². The molecule has 0 aliphatic carbocycles. The lowest BCUT2D eigenvalue weighted by Gasteiger charge is -2.40. The maximum Gasteiger partial charge on any atom is 0.340 e. The predicted octanol–water partition coefficient (Wildman–Crippen LogP) is 3.17. The summed E-state index contributed by atoms with van der Waals surface area (Å²) in [6.07, 6.45) is 5.52. The smallest absolute Gasteiger partial charge is 0.340 e. The van der Waals surface area contributed by atoms with Crippen LogP contribution in [0.5, 0.6) is 5.75 Å². The molecule has 6 nitrogen and oxygen atoms in total. The Balaban J connectivity index is 1.81. The van der Waals surface area contributed by atoms with Gasteiger partial charge in [0, 0.05) is 11.6 Å². The van der Waals surface area contributed by atoms with Crippen LogP contribution in [0.4, 0.5) is 0 Å². The number of nitrogens with zero attached hydrogens (tertiary/aromatic N) is 2. The molecule has 2 aromatic rings. The number of ether oxygens (including phenoxy) is 2. The van der Waals surface area contributed by atoms with E-state index in [0.717, 1.165) is 38.8 Å². The van der Waals surface area contributed by atoms with Gasteiger partial charge in [0.25, 0.3) is 0 Å². The van der Waals surface area contributed by atoms with Crippen molar-refractivity contribution in [2.24, 2.45) is 5.41 Å². The lowest BCUT2D eigenvalue weighted by atomic mass is 9.75. The van der Waals surface area contributed by atoms with Gasteiger partial charge in [0.15, 0.2) is 7.98 Å². The molecule has 0 amide bonds. The van der Waals surface area contributed by atoms with Crippen molar-refractivity contribution >= 4 is 24.9 Å². The van der Waals surface area contributed by atoms with E-state index in [-0.39, 0.29) is 11.4 Å². The number of aromatic nitrogens is 1. The maximum atomic E-state index is 12.8. The monoisotopic (exact) mass is 365 g/mol. The summed E-state index contributed by atoms with van der Waals surface area (Å²) in [5, 5.41) is 9.78. The fourth-order valence-electron chi connectivity index (χ4n) is 3.91. The van der Waals surface area contributed by atoms with Crippen molar-refractivity contribution in [1.82, 2.24) is 9.79 Å². The number of nitrogens with one attached hydrogen (secondary N) is 1. The molecule has 2 heterocycles. The molecule has 1 fully saturated rings. The average Bonchev–Trinajstić information content (AvgIpc) is 3.12. The van der Waals surface area contributed by atoms with E-state index in [0.29, 0.717) is 34.4 Å². The van der Waals surface area contributed by atoms with Crippen molar-refractivity contribution in [3.8, 4) is 11.8 Å². The SMILES string of the molecule is [B]N1CCC(CCC)(COC(=O)c2c[nH]c3cc(C#N)cc(OC)c23)CC1. The highest BCUT2D eigenvalue weighted by molar-refractivity contribution is 6.07. The summed E-state index contributed by atoms with van der Waals surface area (Å²) in [6.45, 7) is 4.17. The van der Waals surface area contributed by atoms with Crippen LogP contribution in [0.3, 0.4) is 0 Å². The van der Waals surface area contributed by atoms with Crippen LogP contribution in [0.1, 0.15) is 48.5 Å². The molecule has 1 aromatic carbocycles. The number of hydrogen-bond acceptors (Lipinski definition) is 5. The van der Waals surface area contributed by atoms with E-state index in [2.05, 4.69) is 18.0 Å². The van der Waals surface area contributed by atoms with Crippen molar-refractivity contribution < 1.29 is 14.3 Å². The third-order valence-corrected chi connectivity index (χ3v) is 5.46. The Labute approximate surface area is 160 Å². The Bertz CT molecular complexity index is 863. The number of esters is 1. The minimum atomic E-state index is -0.380. The van der Waals surface area contributed by atoms with Gasteiger partial charge in [-0.05, 0) is 44.5 Å². The van der Waals surface area contributed by atoms with Gasteiger partial charge in [-0.1, -0.05) is 13.3 Å². The highest BCUT2D eigenvalue weighted by Crippen LogP contribution is 2.37. The third-order valence-electron chi connectivity index (χ3n) is 5.46. The number of carbonyl (C=O) groups is 1. The van der Waals surface area contributed by atoms with Gasteiger partial charge in [0.1, 0.15) is 5.75 Å². The number of hydrogen-bond donors (Lipinski definition) is 1. The zero-order valence-electron chi connectivity index (χ0n) is 15.9. The molecule has 1 aliphatic rings. The van der Waals surface area contributed by atoms with Crippen molar-refractivity contribution in [2.75, 3.05) is 26.8 Å². The van der Waals surface area contributed by atoms with Gasteiger partial charge >= 0.3 is 5.97 Å². The standard InChI is InChI=1S/C20H24BN3O3/c1-3-4-20(5-7-24(21)8-6-20)13-27-19(25)15-12-23-16-9-14(11-22)10-17(26-2)18(15)16/h9-10,12,23H,3-8,13H2,1-2H3. The van der Waals surface area contributed by atoms with Gasteiger partial charge in [0.05, 0.1) is 41.8 Å². The van der Waals surface area contributed by atoms with E-state index in [9.17, 15) is 4.79 Å². The molecule has 7 heteroatoms. The molecule has 0 bridgehead atoms. The molecule has 1 saturated heterocycles. The molecule has 1 aliphatic heterocycles. The van der Waals surface area contributed by atoms with E-state index in [1.807, 2.05) is 4.81 Å². The minimum Gasteiger partial charge on any atom is -0.496 e. The third kappa shape index (κ3) is 3.96. The van der Waals surface area contributed by atoms with Crippen molar-refractivity contribution in [3.63, 3.8) is 0 Å². The summed E-state index contributed by atoms with van der Waals surface area (Å²) in [7, 11) is 7.41. The van der Waals surface area contributed by atoms with Crippen LogP contribution in [-0.4, -0.2) is 50.6 Å². The van der Waals surface area contributed by atoms with E-state index in [4.69, 9.17) is 22.7 Å². The number of methoxy groups -OCH3 is 1. The topological polar surface area (TPSA) is 78.4 Å². The fourth-order valence-corrected chi connectivity index (χ4v) is 3.91. The molecular weight excluding hydrogens is 341 g/mol. The number of rotatable bonds is 6. The Morgan fingerprint density at radius 3 is 2.78 bits per heavy atom. The average molecular weight is 365 g/mol. The summed E-state index contributed by atoms with van der Waals surface area (Å²) in [5.74, 6) is 0.104. The number of aromatic amines is 1. The number of benzene rings is 1. The Kier molecular flexibility index (Phi) is 5.76. The minimum absolute atomic E-state index is 0.00947. The lowest BCUT2D eigenvalue weighted by Crippen LogP contribution is -2.41. The van der Waals surface area contributed by atoms with Crippen LogP contribution >= 0.6 is 0 Å². The number of nitriles is 1. The van der Waals surface area contributed by atoms with Crippen LogP contribution < -0.4 is 4.74 Å². The summed E-state index contributed by atoms with van der Waals surface area (Å²) < 4.78 is 11.1. The maximum absolute atomic E-state index is 12.8. The van der Waals surface area contributed by atoms with Gasteiger partial charge in [-0.15, -0.1) is 0 Å². The van der Waals surface area contributed by atoms with Crippen LogP contribution in [0.25, 0.3) is 10.9 Å². The zero-order chi connectivity index (χ0) is 19.4.